The molecule has 3 aliphatic heterocycles. The van der Waals surface area contributed by atoms with Crippen LogP contribution in [0.4, 0.5) is 5.69 Å². The second-order valence-corrected chi connectivity index (χ2v) is 10.7. The minimum atomic E-state index is 0.150. The van der Waals surface area contributed by atoms with Gasteiger partial charge < -0.3 is 19.7 Å². The van der Waals surface area contributed by atoms with Crippen molar-refractivity contribution in [3.8, 4) is 11.5 Å². The molecule has 1 fully saturated rings. The maximum Gasteiger partial charge on any atom is 0.227 e. The summed E-state index contributed by atoms with van der Waals surface area (Å²) in [5, 5.41) is 3.68. The molecule has 6 rings (SSSR count). The summed E-state index contributed by atoms with van der Waals surface area (Å²) in [4.78, 5) is 18.7. The molecular weight excluding hydrogens is 474 g/mol. The van der Waals surface area contributed by atoms with Gasteiger partial charge in [-0.15, -0.1) is 0 Å². The van der Waals surface area contributed by atoms with E-state index in [1.807, 2.05) is 18.2 Å². The Labute approximate surface area is 225 Å². The predicted molar refractivity (Wildman–Crippen MR) is 150 cm³/mol. The number of benzene rings is 3. The Balaban J connectivity index is 1.26. The van der Waals surface area contributed by atoms with Crippen LogP contribution >= 0.6 is 0 Å². The van der Waals surface area contributed by atoms with Crippen molar-refractivity contribution in [3.05, 3.63) is 89.5 Å². The SMILES string of the molecule is O=C(Cc1ccc2c(c1)OCCCO2)N1Cc2ccccc2NCC[C@@H]2CC[C@H](C1)N2Cc1ccccc1. The normalized spacial score (nSPS) is 21.5. The number of hydrogen-bond acceptors (Lipinski definition) is 5. The van der Waals surface area contributed by atoms with Gasteiger partial charge in [0, 0.05) is 50.4 Å². The second-order valence-electron chi connectivity index (χ2n) is 10.7. The fourth-order valence-corrected chi connectivity index (χ4v) is 6.10. The van der Waals surface area contributed by atoms with Crippen molar-refractivity contribution in [1.82, 2.24) is 9.80 Å². The molecule has 2 atom stereocenters. The van der Waals surface area contributed by atoms with E-state index in [-0.39, 0.29) is 5.91 Å². The van der Waals surface area contributed by atoms with E-state index in [4.69, 9.17) is 9.47 Å². The molecule has 3 aromatic rings. The molecule has 0 saturated carbocycles. The molecule has 3 aliphatic rings. The molecular formula is C32H37N3O3. The third-order valence-corrected chi connectivity index (χ3v) is 8.10. The van der Waals surface area contributed by atoms with Gasteiger partial charge in [0.1, 0.15) is 0 Å². The van der Waals surface area contributed by atoms with Crippen molar-refractivity contribution in [1.29, 1.82) is 0 Å². The van der Waals surface area contributed by atoms with Crippen LogP contribution in [0.3, 0.4) is 0 Å². The number of carbonyl (C=O) groups excluding carboxylic acids is 1. The zero-order valence-corrected chi connectivity index (χ0v) is 22.0. The van der Waals surface area contributed by atoms with Crippen molar-refractivity contribution in [2.24, 2.45) is 0 Å². The van der Waals surface area contributed by atoms with Crippen LogP contribution in [-0.4, -0.2) is 54.1 Å². The molecule has 3 aromatic carbocycles. The fourth-order valence-electron chi connectivity index (χ4n) is 6.10. The summed E-state index contributed by atoms with van der Waals surface area (Å²) in [7, 11) is 0. The van der Waals surface area contributed by atoms with Gasteiger partial charge in [0.2, 0.25) is 5.91 Å². The van der Waals surface area contributed by atoms with Gasteiger partial charge in [-0.05, 0) is 54.2 Å². The molecule has 2 bridgehead atoms. The minimum Gasteiger partial charge on any atom is -0.490 e. The molecule has 6 heteroatoms. The van der Waals surface area contributed by atoms with E-state index in [2.05, 4.69) is 69.7 Å². The molecule has 0 aromatic heterocycles. The van der Waals surface area contributed by atoms with E-state index >= 15 is 0 Å². The number of hydrogen-bond donors (Lipinski definition) is 1. The molecule has 0 aliphatic carbocycles. The van der Waals surface area contributed by atoms with Crippen LogP contribution in [-0.2, 0) is 24.3 Å². The first-order chi connectivity index (χ1) is 18.7. The third-order valence-electron chi connectivity index (χ3n) is 8.10. The average Bonchev–Trinajstić information content (AvgIpc) is 3.13. The number of ether oxygens (including phenoxy) is 2. The van der Waals surface area contributed by atoms with Gasteiger partial charge in [-0.25, -0.2) is 0 Å². The molecule has 1 saturated heterocycles. The van der Waals surface area contributed by atoms with Crippen molar-refractivity contribution in [2.75, 3.05) is 31.6 Å². The van der Waals surface area contributed by atoms with E-state index in [9.17, 15) is 4.79 Å². The first-order valence-corrected chi connectivity index (χ1v) is 14.0. The summed E-state index contributed by atoms with van der Waals surface area (Å²) in [6.45, 7) is 4.50. The highest BCUT2D eigenvalue weighted by atomic mass is 16.5. The van der Waals surface area contributed by atoms with Crippen LogP contribution < -0.4 is 14.8 Å². The smallest absolute Gasteiger partial charge is 0.227 e. The van der Waals surface area contributed by atoms with Crippen molar-refractivity contribution in [3.63, 3.8) is 0 Å². The number of nitrogens with one attached hydrogen (secondary N) is 1. The zero-order chi connectivity index (χ0) is 25.7. The number of fused-ring (bicyclic) bond motifs is 4. The van der Waals surface area contributed by atoms with E-state index in [0.717, 1.165) is 61.6 Å². The average molecular weight is 512 g/mol. The van der Waals surface area contributed by atoms with E-state index in [1.165, 1.54) is 17.5 Å². The zero-order valence-electron chi connectivity index (χ0n) is 22.0. The summed E-state index contributed by atoms with van der Waals surface area (Å²) >= 11 is 0. The number of anilines is 1. The highest BCUT2D eigenvalue weighted by Gasteiger charge is 2.35. The Kier molecular flexibility index (Phi) is 7.49. The monoisotopic (exact) mass is 511 g/mol. The Morgan fingerprint density at radius 1 is 0.842 bits per heavy atom. The largest absolute Gasteiger partial charge is 0.490 e. The lowest BCUT2D eigenvalue weighted by molar-refractivity contribution is -0.132. The maximum absolute atomic E-state index is 13.9. The number of para-hydroxylation sites is 1. The van der Waals surface area contributed by atoms with Gasteiger partial charge in [-0.2, -0.15) is 0 Å². The Morgan fingerprint density at radius 2 is 1.63 bits per heavy atom. The predicted octanol–water partition coefficient (Wildman–Crippen LogP) is 5.27. The van der Waals surface area contributed by atoms with Gasteiger partial charge >= 0.3 is 0 Å². The van der Waals surface area contributed by atoms with Crippen LogP contribution in [0.1, 0.15) is 42.4 Å². The summed E-state index contributed by atoms with van der Waals surface area (Å²) in [5.74, 6) is 1.66. The van der Waals surface area contributed by atoms with Gasteiger partial charge in [0.05, 0.1) is 19.6 Å². The summed E-state index contributed by atoms with van der Waals surface area (Å²) < 4.78 is 11.7. The van der Waals surface area contributed by atoms with Crippen LogP contribution in [0.15, 0.2) is 72.8 Å². The molecule has 38 heavy (non-hydrogen) atoms. The summed E-state index contributed by atoms with van der Waals surface area (Å²) in [5.41, 5.74) is 4.60. The molecule has 0 unspecified atom stereocenters. The Bertz CT molecular complexity index is 1250. The van der Waals surface area contributed by atoms with Crippen molar-refractivity contribution >= 4 is 11.6 Å². The minimum absolute atomic E-state index is 0.150. The van der Waals surface area contributed by atoms with Gasteiger partial charge in [-0.1, -0.05) is 54.6 Å². The van der Waals surface area contributed by atoms with E-state index < -0.39 is 0 Å². The lowest BCUT2D eigenvalue weighted by Gasteiger charge is -2.34. The lowest BCUT2D eigenvalue weighted by atomic mass is 10.1. The fraction of sp³-hybridized carbons (Fsp3) is 0.406. The molecule has 1 amide bonds. The highest BCUT2D eigenvalue weighted by Crippen LogP contribution is 2.33. The number of amides is 1. The highest BCUT2D eigenvalue weighted by molar-refractivity contribution is 5.79. The summed E-state index contributed by atoms with van der Waals surface area (Å²) in [6.07, 6.45) is 4.61. The topological polar surface area (TPSA) is 54.0 Å². The first-order valence-electron chi connectivity index (χ1n) is 14.0. The van der Waals surface area contributed by atoms with Crippen molar-refractivity contribution < 1.29 is 14.3 Å². The number of carbonyl (C=O) groups is 1. The molecule has 1 N–H and O–H groups in total. The Morgan fingerprint density at radius 3 is 2.53 bits per heavy atom. The molecule has 198 valence electrons. The Hall–Kier alpha value is -3.51. The van der Waals surface area contributed by atoms with Gasteiger partial charge in [0.15, 0.2) is 11.5 Å². The van der Waals surface area contributed by atoms with Crippen LogP contribution in [0.2, 0.25) is 0 Å². The first kappa shape index (κ1) is 24.8. The molecule has 0 spiro atoms. The lowest BCUT2D eigenvalue weighted by Crippen LogP contribution is -2.45. The van der Waals surface area contributed by atoms with Crippen LogP contribution in [0.25, 0.3) is 0 Å². The van der Waals surface area contributed by atoms with E-state index in [1.54, 1.807) is 0 Å². The third kappa shape index (κ3) is 5.65. The summed E-state index contributed by atoms with van der Waals surface area (Å²) in [6, 6.07) is 25.9. The molecule has 3 heterocycles. The number of nitrogens with zero attached hydrogens (tertiary/aromatic N) is 2. The number of rotatable bonds is 4. The second kappa shape index (κ2) is 11.5. The van der Waals surface area contributed by atoms with Crippen LogP contribution in [0.5, 0.6) is 11.5 Å². The van der Waals surface area contributed by atoms with Gasteiger partial charge in [0.25, 0.3) is 0 Å². The van der Waals surface area contributed by atoms with Crippen molar-refractivity contribution in [2.45, 2.75) is 57.3 Å². The standard InChI is InChI=1S/C32H37N3O3/c36-32(20-25-11-14-30-31(19-25)38-18-6-17-37-30)34-22-26-9-4-5-10-29(26)33-16-15-27-12-13-28(23-34)35(27)21-24-7-2-1-3-8-24/h1-5,7-11,14,19,27-28,33H,6,12-13,15-18,20-23H2/t27-,28+/m0/s1. The maximum atomic E-state index is 13.9. The molecule has 0 radical (unpaired) electrons. The van der Waals surface area contributed by atoms with Gasteiger partial charge in [-0.3, -0.25) is 9.69 Å². The van der Waals surface area contributed by atoms with Crippen LogP contribution in [0, 0.1) is 0 Å². The quantitative estimate of drug-likeness (QED) is 0.517. The van der Waals surface area contributed by atoms with E-state index in [0.29, 0.717) is 38.3 Å². The molecule has 6 nitrogen and oxygen atoms in total.